The Morgan fingerprint density at radius 1 is 1.38 bits per heavy atom. The zero-order chi connectivity index (χ0) is 12.2. The molecule has 0 heterocycles. The quantitative estimate of drug-likeness (QED) is 0.684. The van der Waals surface area contributed by atoms with E-state index < -0.39 is 0 Å². The van der Waals surface area contributed by atoms with Gasteiger partial charge in [0.2, 0.25) is 0 Å². The van der Waals surface area contributed by atoms with Gasteiger partial charge in [0.15, 0.2) is 0 Å². The number of likely N-dealkylation sites (N-methyl/N-ethyl adjacent to an activating group) is 1. The zero-order valence-corrected chi connectivity index (χ0v) is 11.2. The van der Waals surface area contributed by atoms with Gasteiger partial charge in [-0.15, -0.1) is 0 Å². The van der Waals surface area contributed by atoms with Crippen molar-refractivity contribution >= 4 is 0 Å². The van der Waals surface area contributed by atoms with Crippen LogP contribution in [0.25, 0.3) is 0 Å². The first-order valence-corrected chi connectivity index (χ1v) is 6.19. The number of nitrogens with one attached hydrogen (secondary N) is 1. The van der Waals surface area contributed by atoms with E-state index in [9.17, 15) is 0 Å². The zero-order valence-electron chi connectivity index (χ0n) is 11.2. The molecule has 0 amide bonds. The maximum Gasteiger partial charge on any atom is 0.0366 e. The molecule has 0 aromatic rings. The van der Waals surface area contributed by atoms with E-state index in [4.69, 9.17) is 0 Å². The van der Waals surface area contributed by atoms with Gasteiger partial charge in [-0.2, -0.15) is 0 Å². The summed E-state index contributed by atoms with van der Waals surface area (Å²) in [6, 6.07) is 0. The second-order valence-electron chi connectivity index (χ2n) is 5.31. The molecule has 1 N–H and O–H groups in total. The largest absolute Gasteiger partial charge is 0.388 e. The normalized spacial score (nSPS) is 20.9. The molecule has 0 aromatic heterocycles. The molecule has 90 valence electrons. The third-order valence-corrected chi connectivity index (χ3v) is 3.85. The Morgan fingerprint density at radius 2 is 2.00 bits per heavy atom. The van der Waals surface area contributed by atoms with E-state index in [-0.39, 0.29) is 0 Å². The van der Waals surface area contributed by atoms with Crippen LogP contribution in [0.1, 0.15) is 46.5 Å². The first-order chi connectivity index (χ1) is 7.52. The molecule has 1 nitrogen and oxygen atoms in total. The van der Waals surface area contributed by atoms with Crippen LogP contribution in [-0.4, -0.2) is 7.05 Å². The topological polar surface area (TPSA) is 12.0 Å². The molecule has 1 heteroatoms. The molecular formula is C15H25N. The molecule has 1 saturated carbocycles. The standard InChI is InChI=1S/C15H25N/c1-6-8-14(16-5)13(3)12(2)11-15(4)9-7-10-15/h6,8,16H,1,7,9-11H2,2-5H3/b13-12+,14-8+. The molecular weight excluding hydrogens is 194 g/mol. The third-order valence-electron chi connectivity index (χ3n) is 3.85. The number of allylic oxidation sites excluding steroid dienone is 4. The van der Waals surface area contributed by atoms with Crippen LogP contribution in [0.2, 0.25) is 0 Å². The van der Waals surface area contributed by atoms with Gasteiger partial charge < -0.3 is 5.32 Å². The Morgan fingerprint density at radius 3 is 2.38 bits per heavy atom. The number of hydrogen-bond acceptors (Lipinski definition) is 1. The molecule has 0 spiro atoms. The van der Waals surface area contributed by atoms with Crippen molar-refractivity contribution in [3.63, 3.8) is 0 Å². The smallest absolute Gasteiger partial charge is 0.0366 e. The van der Waals surface area contributed by atoms with Crippen LogP contribution in [0.5, 0.6) is 0 Å². The van der Waals surface area contributed by atoms with E-state index in [0.717, 1.165) is 0 Å². The Labute approximate surface area is 100 Å². The van der Waals surface area contributed by atoms with Crippen LogP contribution < -0.4 is 5.32 Å². The first-order valence-electron chi connectivity index (χ1n) is 6.19. The fourth-order valence-electron chi connectivity index (χ4n) is 2.47. The number of hydrogen-bond donors (Lipinski definition) is 1. The fraction of sp³-hybridized carbons (Fsp3) is 0.600. The Bertz CT molecular complexity index is 316. The van der Waals surface area contributed by atoms with Crippen LogP contribution >= 0.6 is 0 Å². The highest BCUT2D eigenvalue weighted by Gasteiger charge is 2.31. The van der Waals surface area contributed by atoms with E-state index in [1.54, 1.807) is 0 Å². The van der Waals surface area contributed by atoms with E-state index in [1.807, 2.05) is 19.2 Å². The minimum absolute atomic E-state index is 0.568. The van der Waals surface area contributed by atoms with E-state index in [0.29, 0.717) is 5.41 Å². The summed E-state index contributed by atoms with van der Waals surface area (Å²) in [6.07, 6.45) is 9.30. The van der Waals surface area contributed by atoms with Crippen LogP contribution in [-0.2, 0) is 0 Å². The lowest BCUT2D eigenvalue weighted by atomic mass is 9.66. The third kappa shape index (κ3) is 3.01. The summed E-state index contributed by atoms with van der Waals surface area (Å²) in [6.45, 7) is 10.6. The lowest BCUT2D eigenvalue weighted by Gasteiger charge is -2.39. The van der Waals surface area contributed by atoms with Crippen molar-refractivity contribution in [2.45, 2.75) is 46.5 Å². The van der Waals surface area contributed by atoms with E-state index >= 15 is 0 Å². The fourth-order valence-corrected chi connectivity index (χ4v) is 2.47. The van der Waals surface area contributed by atoms with Gasteiger partial charge in [-0.25, -0.2) is 0 Å². The van der Waals surface area contributed by atoms with Crippen LogP contribution in [0.15, 0.2) is 35.6 Å². The summed E-state index contributed by atoms with van der Waals surface area (Å²) >= 11 is 0. The molecule has 0 radical (unpaired) electrons. The predicted molar refractivity (Wildman–Crippen MR) is 72.3 cm³/mol. The summed E-state index contributed by atoms with van der Waals surface area (Å²) in [5, 5.41) is 3.24. The molecule has 0 unspecified atom stereocenters. The molecule has 1 aliphatic carbocycles. The highest BCUT2D eigenvalue weighted by atomic mass is 14.8. The molecule has 0 aromatic carbocycles. The molecule has 1 fully saturated rings. The molecule has 0 aliphatic heterocycles. The molecule has 1 rings (SSSR count). The van der Waals surface area contributed by atoms with Gasteiger partial charge in [0.1, 0.15) is 0 Å². The van der Waals surface area contributed by atoms with Crippen molar-refractivity contribution in [3.8, 4) is 0 Å². The van der Waals surface area contributed by atoms with E-state index in [1.165, 1.54) is 42.5 Å². The van der Waals surface area contributed by atoms with Crippen LogP contribution in [0.4, 0.5) is 0 Å². The van der Waals surface area contributed by atoms with Crippen LogP contribution in [0.3, 0.4) is 0 Å². The average molecular weight is 219 g/mol. The van der Waals surface area contributed by atoms with Gasteiger partial charge in [0, 0.05) is 12.7 Å². The van der Waals surface area contributed by atoms with Gasteiger partial charge >= 0.3 is 0 Å². The lowest BCUT2D eigenvalue weighted by Crippen LogP contribution is -2.26. The average Bonchev–Trinajstić information content (AvgIpc) is 2.22. The van der Waals surface area contributed by atoms with E-state index in [2.05, 4.69) is 32.7 Å². The van der Waals surface area contributed by atoms with Gasteiger partial charge in [-0.3, -0.25) is 0 Å². The summed E-state index contributed by atoms with van der Waals surface area (Å²) in [5.41, 5.74) is 4.63. The van der Waals surface area contributed by atoms with Gasteiger partial charge in [-0.05, 0) is 50.2 Å². The lowest BCUT2D eigenvalue weighted by molar-refractivity contribution is 0.161. The molecule has 16 heavy (non-hydrogen) atoms. The minimum Gasteiger partial charge on any atom is -0.388 e. The molecule has 0 atom stereocenters. The summed E-state index contributed by atoms with van der Waals surface area (Å²) < 4.78 is 0. The molecule has 1 aliphatic rings. The molecule has 0 saturated heterocycles. The first kappa shape index (κ1) is 13.1. The Kier molecular flexibility index (Phi) is 4.40. The summed E-state index contributed by atoms with van der Waals surface area (Å²) in [5.74, 6) is 0. The Hall–Kier alpha value is -0.980. The van der Waals surface area contributed by atoms with Gasteiger partial charge in [-0.1, -0.05) is 31.6 Å². The van der Waals surface area contributed by atoms with Gasteiger partial charge in [0.05, 0.1) is 0 Å². The second kappa shape index (κ2) is 5.38. The monoisotopic (exact) mass is 219 g/mol. The minimum atomic E-state index is 0.568. The maximum absolute atomic E-state index is 3.75. The second-order valence-corrected chi connectivity index (χ2v) is 5.31. The van der Waals surface area contributed by atoms with Crippen molar-refractivity contribution in [1.29, 1.82) is 0 Å². The number of rotatable bonds is 5. The maximum atomic E-state index is 3.75. The highest BCUT2D eigenvalue weighted by molar-refractivity contribution is 5.34. The SMILES string of the molecule is C=C/C=C(NC)\C(C)=C(/C)CC1(C)CCC1. The Balaban J connectivity index is 2.77. The van der Waals surface area contributed by atoms with Crippen molar-refractivity contribution < 1.29 is 0 Å². The van der Waals surface area contributed by atoms with Crippen molar-refractivity contribution in [1.82, 2.24) is 5.32 Å². The van der Waals surface area contributed by atoms with Crippen molar-refractivity contribution in [3.05, 3.63) is 35.6 Å². The summed E-state index contributed by atoms with van der Waals surface area (Å²) in [4.78, 5) is 0. The molecule has 0 bridgehead atoms. The van der Waals surface area contributed by atoms with Crippen molar-refractivity contribution in [2.24, 2.45) is 5.41 Å². The van der Waals surface area contributed by atoms with Crippen LogP contribution in [0, 0.1) is 5.41 Å². The predicted octanol–water partition coefficient (Wildman–Crippen LogP) is 4.19. The summed E-state index contributed by atoms with van der Waals surface area (Å²) in [7, 11) is 1.97. The van der Waals surface area contributed by atoms with Gasteiger partial charge in [0.25, 0.3) is 0 Å². The van der Waals surface area contributed by atoms with Crippen molar-refractivity contribution in [2.75, 3.05) is 7.05 Å². The highest BCUT2D eigenvalue weighted by Crippen LogP contribution is 2.45.